The lowest BCUT2D eigenvalue weighted by Crippen LogP contribution is -2.16. The van der Waals surface area contributed by atoms with Crippen molar-refractivity contribution in [1.29, 1.82) is 0 Å². The van der Waals surface area contributed by atoms with Crippen LogP contribution in [0.15, 0.2) is 35.3 Å². The van der Waals surface area contributed by atoms with E-state index in [4.69, 9.17) is 9.47 Å². The molecule has 0 aliphatic rings. The number of nitrogens with zero attached hydrogens (tertiary/aromatic N) is 2. The number of aryl methyl sites for hydroxylation is 1. The van der Waals surface area contributed by atoms with Gasteiger partial charge < -0.3 is 14.0 Å². The van der Waals surface area contributed by atoms with Crippen LogP contribution >= 0.6 is 11.3 Å². The minimum Gasteiger partial charge on any atom is -0.497 e. The van der Waals surface area contributed by atoms with E-state index >= 15 is 0 Å². The van der Waals surface area contributed by atoms with Crippen LogP contribution in [0.3, 0.4) is 0 Å². The van der Waals surface area contributed by atoms with Crippen molar-refractivity contribution in [2.75, 3.05) is 14.2 Å². The van der Waals surface area contributed by atoms with Gasteiger partial charge in [0.15, 0.2) is 10.6 Å². The number of hydrogen-bond donors (Lipinski definition) is 0. The van der Waals surface area contributed by atoms with E-state index in [2.05, 4.69) is 4.99 Å². The second-order valence-corrected chi connectivity index (χ2v) is 6.39. The predicted octanol–water partition coefficient (Wildman–Crippen LogP) is 3.76. The summed E-state index contributed by atoms with van der Waals surface area (Å²) in [4.78, 5) is 17.0. The van der Waals surface area contributed by atoms with Crippen molar-refractivity contribution < 1.29 is 23.0 Å². The molecule has 0 saturated carbocycles. The molecule has 1 aromatic heterocycles. The third kappa shape index (κ3) is 3.32. The highest BCUT2D eigenvalue weighted by atomic mass is 32.1. The molecule has 0 atom stereocenters. The smallest absolute Gasteiger partial charge is 0.279 e. The fourth-order valence-corrected chi connectivity index (χ4v) is 3.72. The third-order valence-corrected chi connectivity index (χ3v) is 4.83. The Bertz CT molecular complexity index is 1030. The van der Waals surface area contributed by atoms with Crippen molar-refractivity contribution >= 4 is 27.5 Å². The number of thiazole rings is 1. The maximum absolute atomic E-state index is 14.2. The summed E-state index contributed by atoms with van der Waals surface area (Å²) in [5.74, 6) is -0.978. The van der Waals surface area contributed by atoms with E-state index in [-0.39, 0.29) is 11.1 Å². The van der Waals surface area contributed by atoms with Crippen LogP contribution in [0, 0.1) is 11.6 Å². The Morgan fingerprint density at radius 2 is 1.77 bits per heavy atom. The summed E-state index contributed by atoms with van der Waals surface area (Å²) in [6.07, 6.45) is 0. The van der Waals surface area contributed by atoms with Gasteiger partial charge in [-0.2, -0.15) is 4.99 Å². The van der Waals surface area contributed by atoms with E-state index in [0.717, 1.165) is 17.4 Å². The number of carbonyl (C=O) groups is 1. The van der Waals surface area contributed by atoms with Crippen LogP contribution in [0.1, 0.15) is 17.3 Å². The van der Waals surface area contributed by atoms with Gasteiger partial charge in [-0.05, 0) is 25.1 Å². The molecule has 0 aliphatic carbocycles. The highest BCUT2D eigenvalue weighted by Gasteiger charge is 2.14. The quantitative estimate of drug-likeness (QED) is 0.695. The SMILES string of the molecule is CCn1c(=NC(=O)c2cc(OC)cc(OC)c2)sc2cc(F)cc(F)c21. The van der Waals surface area contributed by atoms with E-state index in [1.54, 1.807) is 17.6 Å². The molecule has 0 aliphatic heterocycles. The Kier molecular flexibility index (Phi) is 5.03. The van der Waals surface area contributed by atoms with Crippen LogP contribution in [0.5, 0.6) is 11.5 Å². The Morgan fingerprint density at radius 3 is 2.35 bits per heavy atom. The van der Waals surface area contributed by atoms with Gasteiger partial charge in [-0.15, -0.1) is 0 Å². The van der Waals surface area contributed by atoms with Gasteiger partial charge in [0.05, 0.1) is 24.4 Å². The first-order valence-corrected chi connectivity index (χ1v) is 8.59. The molecule has 0 radical (unpaired) electrons. The maximum Gasteiger partial charge on any atom is 0.279 e. The Balaban J connectivity index is 2.16. The van der Waals surface area contributed by atoms with E-state index < -0.39 is 17.5 Å². The molecule has 1 amide bonds. The summed E-state index contributed by atoms with van der Waals surface area (Å²) in [5, 5.41) is 0. The molecule has 0 N–H and O–H groups in total. The van der Waals surface area contributed by atoms with Crippen LogP contribution in [0.2, 0.25) is 0 Å². The fourth-order valence-electron chi connectivity index (χ4n) is 2.59. The molecule has 5 nitrogen and oxygen atoms in total. The standard InChI is InChI=1S/C18H16F2N2O3S/c1-4-22-16-14(20)7-11(19)8-15(16)26-18(22)21-17(23)10-5-12(24-2)9-13(6-10)25-3/h5-9H,4H2,1-3H3. The first-order chi connectivity index (χ1) is 12.5. The number of aromatic nitrogens is 1. The van der Waals surface area contributed by atoms with Crippen molar-refractivity contribution in [2.45, 2.75) is 13.5 Å². The van der Waals surface area contributed by atoms with Crippen LogP contribution in [-0.4, -0.2) is 24.7 Å². The number of amides is 1. The zero-order chi connectivity index (χ0) is 18.8. The van der Waals surface area contributed by atoms with Gasteiger partial charge in [0.1, 0.15) is 17.3 Å². The number of fused-ring (bicyclic) bond motifs is 1. The summed E-state index contributed by atoms with van der Waals surface area (Å²) in [6.45, 7) is 2.18. The molecule has 0 unspecified atom stereocenters. The molecule has 3 aromatic rings. The van der Waals surface area contributed by atoms with E-state index in [1.807, 2.05) is 0 Å². The minimum absolute atomic E-state index is 0.230. The van der Waals surface area contributed by atoms with Gasteiger partial charge in [0.2, 0.25) is 0 Å². The van der Waals surface area contributed by atoms with E-state index in [9.17, 15) is 13.6 Å². The van der Waals surface area contributed by atoms with E-state index in [1.165, 1.54) is 32.4 Å². The molecule has 8 heteroatoms. The van der Waals surface area contributed by atoms with Gasteiger partial charge >= 0.3 is 0 Å². The average molecular weight is 378 g/mol. The van der Waals surface area contributed by atoms with Crippen LogP contribution in [0.4, 0.5) is 8.78 Å². The topological polar surface area (TPSA) is 52.8 Å². The summed E-state index contributed by atoms with van der Waals surface area (Å²) in [7, 11) is 2.96. The maximum atomic E-state index is 14.2. The first-order valence-electron chi connectivity index (χ1n) is 7.77. The molecule has 0 spiro atoms. The molecule has 0 saturated heterocycles. The van der Waals surface area contributed by atoms with Crippen LogP contribution in [0.25, 0.3) is 10.2 Å². The molecule has 0 fully saturated rings. The number of carbonyl (C=O) groups excluding carboxylic acids is 1. The highest BCUT2D eigenvalue weighted by Crippen LogP contribution is 2.24. The predicted molar refractivity (Wildman–Crippen MR) is 94.8 cm³/mol. The lowest BCUT2D eigenvalue weighted by molar-refractivity contribution is 0.0997. The first kappa shape index (κ1) is 18.1. The monoisotopic (exact) mass is 378 g/mol. The van der Waals surface area contributed by atoms with Gasteiger partial charge in [0, 0.05) is 24.2 Å². The van der Waals surface area contributed by atoms with Crippen molar-refractivity contribution in [3.63, 3.8) is 0 Å². The second kappa shape index (κ2) is 7.25. The number of hydrogen-bond acceptors (Lipinski definition) is 4. The fraction of sp³-hybridized carbons (Fsp3) is 0.222. The van der Waals surface area contributed by atoms with Gasteiger partial charge in [-0.3, -0.25) is 4.79 Å². The zero-order valence-corrected chi connectivity index (χ0v) is 15.2. The Labute approximate surface area is 152 Å². The van der Waals surface area contributed by atoms with Gasteiger partial charge in [-0.25, -0.2) is 8.78 Å². The van der Waals surface area contributed by atoms with Crippen molar-refractivity contribution in [3.05, 3.63) is 52.3 Å². The second-order valence-electron chi connectivity index (χ2n) is 5.38. The summed E-state index contributed by atoms with van der Waals surface area (Å²) >= 11 is 1.05. The molecule has 3 rings (SSSR count). The number of methoxy groups -OCH3 is 2. The normalized spacial score (nSPS) is 11.8. The molecular formula is C18H16F2N2O3S. The summed E-state index contributed by atoms with van der Waals surface area (Å²) in [6, 6.07) is 6.77. The lowest BCUT2D eigenvalue weighted by Gasteiger charge is -2.06. The summed E-state index contributed by atoms with van der Waals surface area (Å²) in [5.41, 5.74) is 0.502. The molecule has 0 bridgehead atoms. The molecule has 26 heavy (non-hydrogen) atoms. The van der Waals surface area contributed by atoms with Crippen molar-refractivity contribution in [3.8, 4) is 11.5 Å². The molecule has 2 aromatic carbocycles. The third-order valence-electron chi connectivity index (χ3n) is 3.81. The largest absolute Gasteiger partial charge is 0.497 e. The molecule has 1 heterocycles. The summed E-state index contributed by atoms with van der Waals surface area (Å²) < 4.78 is 39.9. The number of halogens is 2. The van der Waals surface area contributed by atoms with E-state index in [0.29, 0.717) is 27.5 Å². The van der Waals surface area contributed by atoms with Crippen LogP contribution < -0.4 is 14.3 Å². The number of benzene rings is 2. The Morgan fingerprint density at radius 1 is 1.12 bits per heavy atom. The lowest BCUT2D eigenvalue weighted by atomic mass is 10.2. The average Bonchev–Trinajstić information content (AvgIpc) is 2.98. The Hall–Kier alpha value is -2.74. The van der Waals surface area contributed by atoms with Crippen LogP contribution in [-0.2, 0) is 6.54 Å². The zero-order valence-electron chi connectivity index (χ0n) is 14.4. The van der Waals surface area contributed by atoms with Gasteiger partial charge in [0.25, 0.3) is 5.91 Å². The minimum atomic E-state index is -0.685. The van der Waals surface area contributed by atoms with Gasteiger partial charge in [-0.1, -0.05) is 11.3 Å². The number of rotatable bonds is 4. The highest BCUT2D eigenvalue weighted by molar-refractivity contribution is 7.16. The van der Waals surface area contributed by atoms with Crippen molar-refractivity contribution in [2.24, 2.45) is 4.99 Å². The molecular weight excluding hydrogens is 362 g/mol. The van der Waals surface area contributed by atoms with Crippen molar-refractivity contribution in [1.82, 2.24) is 4.57 Å². The molecule has 136 valence electrons. The number of ether oxygens (including phenoxy) is 2.